The molecule has 0 atom stereocenters. The van der Waals surface area contributed by atoms with Crippen molar-refractivity contribution in [3.63, 3.8) is 0 Å². The van der Waals surface area contributed by atoms with Crippen molar-refractivity contribution in [3.8, 4) is 0 Å². The van der Waals surface area contributed by atoms with Crippen molar-refractivity contribution < 1.29 is 4.79 Å². The van der Waals surface area contributed by atoms with Crippen LogP contribution in [0.3, 0.4) is 0 Å². The summed E-state index contributed by atoms with van der Waals surface area (Å²) in [5.74, 6) is 0.353. The highest BCUT2D eigenvalue weighted by atomic mass is 16.1. The van der Waals surface area contributed by atoms with Crippen LogP contribution in [0.1, 0.15) is 43.4 Å². The second kappa shape index (κ2) is 6.18. The highest BCUT2D eigenvalue weighted by Gasteiger charge is 2.10. The van der Waals surface area contributed by atoms with Gasteiger partial charge in [-0.15, -0.1) is 0 Å². The number of rotatable bonds is 5. The van der Waals surface area contributed by atoms with Gasteiger partial charge in [-0.2, -0.15) is 0 Å². The Balaban J connectivity index is 2.85. The number of aromatic nitrogens is 2. The van der Waals surface area contributed by atoms with E-state index in [1.54, 1.807) is 6.07 Å². The van der Waals surface area contributed by atoms with Crippen LogP contribution >= 0.6 is 0 Å². The van der Waals surface area contributed by atoms with Crippen LogP contribution in [0.25, 0.3) is 0 Å². The van der Waals surface area contributed by atoms with E-state index >= 15 is 0 Å². The van der Waals surface area contributed by atoms with Crippen molar-refractivity contribution in [2.45, 2.75) is 40.2 Å². The lowest BCUT2D eigenvalue weighted by Gasteiger charge is -2.10. The smallest absolute Gasteiger partial charge is 0.270 e. The monoisotopic (exact) mass is 236 g/mol. The maximum atomic E-state index is 11.8. The molecule has 0 saturated carbocycles. The highest BCUT2D eigenvalue weighted by Crippen LogP contribution is 2.06. The number of hydrogen-bond donors (Lipinski definition) is 2. The second-order valence-electron chi connectivity index (χ2n) is 4.27. The van der Waals surface area contributed by atoms with Gasteiger partial charge < -0.3 is 10.6 Å². The molecule has 0 aliphatic rings. The largest absolute Gasteiger partial charge is 0.352 e. The molecule has 0 unspecified atom stereocenters. The fraction of sp³-hybridized carbons (Fsp3) is 0.583. The summed E-state index contributed by atoms with van der Waals surface area (Å²) in [6, 6.07) is 1.93. The summed E-state index contributed by atoms with van der Waals surface area (Å²) in [5, 5.41) is 5.89. The van der Waals surface area contributed by atoms with Gasteiger partial charge in [-0.05, 0) is 33.3 Å². The Bertz CT molecular complexity index is 390. The molecule has 1 aromatic rings. The first-order valence-electron chi connectivity index (χ1n) is 5.93. The first kappa shape index (κ1) is 13.4. The predicted molar refractivity (Wildman–Crippen MR) is 68.2 cm³/mol. The topological polar surface area (TPSA) is 66.9 Å². The molecule has 0 aromatic carbocycles. The third-order valence-electron chi connectivity index (χ3n) is 2.04. The first-order chi connectivity index (χ1) is 8.02. The summed E-state index contributed by atoms with van der Waals surface area (Å²) in [6.07, 6.45) is 0.910. The van der Waals surface area contributed by atoms with E-state index in [2.05, 4.69) is 20.6 Å². The van der Waals surface area contributed by atoms with E-state index in [9.17, 15) is 4.79 Å². The SMILES string of the molecule is CCCNC(=O)c1cc(C)nc(NC(C)C)n1. The fourth-order valence-corrected chi connectivity index (χ4v) is 1.34. The molecule has 0 spiro atoms. The molecule has 17 heavy (non-hydrogen) atoms. The molecular formula is C12H20N4O. The zero-order valence-electron chi connectivity index (χ0n) is 10.9. The molecule has 0 aliphatic carbocycles. The number of nitrogens with one attached hydrogen (secondary N) is 2. The van der Waals surface area contributed by atoms with Gasteiger partial charge in [0.25, 0.3) is 5.91 Å². The minimum atomic E-state index is -0.149. The van der Waals surface area contributed by atoms with Gasteiger partial charge in [0.15, 0.2) is 0 Å². The van der Waals surface area contributed by atoms with Gasteiger partial charge in [0.2, 0.25) is 5.95 Å². The summed E-state index contributed by atoms with van der Waals surface area (Å²) >= 11 is 0. The van der Waals surface area contributed by atoms with Gasteiger partial charge in [0, 0.05) is 18.3 Å². The maximum absolute atomic E-state index is 11.8. The van der Waals surface area contributed by atoms with Gasteiger partial charge in [0.1, 0.15) is 5.69 Å². The van der Waals surface area contributed by atoms with Crippen LogP contribution in [0.5, 0.6) is 0 Å². The number of carbonyl (C=O) groups is 1. The molecule has 94 valence electrons. The summed E-state index contributed by atoms with van der Waals surface area (Å²) in [4.78, 5) is 20.2. The van der Waals surface area contributed by atoms with Crippen LogP contribution in [0.2, 0.25) is 0 Å². The Hall–Kier alpha value is -1.65. The van der Waals surface area contributed by atoms with Crippen LogP contribution < -0.4 is 10.6 Å². The third-order valence-corrected chi connectivity index (χ3v) is 2.04. The minimum Gasteiger partial charge on any atom is -0.352 e. The first-order valence-corrected chi connectivity index (χ1v) is 5.93. The van der Waals surface area contributed by atoms with E-state index in [4.69, 9.17) is 0 Å². The number of hydrogen-bond acceptors (Lipinski definition) is 4. The maximum Gasteiger partial charge on any atom is 0.270 e. The molecule has 0 saturated heterocycles. The average molecular weight is 236 g/mol. The Morgan fingerprint density at radius 1 is 1.41 bits per heavy atom. The molecule has 5 nitrogen and oxygen atoms in total. The average Bonchev–Trinajstić information content (AvgIpc) is 2.24. The highest BCUT2D eigenvalue weighted by molar-refractivity contribution is 5.92. The lowest BCUT2D eigenvalue weighted by atomic mass is 10.3. The molecule has 5 heteroatoms. The summed E-state index contributed by atoms with van der Waals surface area (Å²) in [5.41, 5.74) is 1.19. The van der Waals surface area contributed by atoms with E-state index in [1.165, 1.54) is 0 Å². The van der Waals surface area contributed by atoms with Crippen molar-refractivity contribution in [2.75, 3.05) is 11.9 Å². The number of nitrogens with zero attached hydrogens (tertiary/aromatic N) is 2. The van der Waals surface area contributed by atoms with Gasteiger partial charge in [-0.3, -0.25) is 4.79 Å². The molecule has 1 heterocycles. The van der Waals surface area contributed by atoms with Crippen LogP contribution in [-0.2, 0) is 0 Å². The standard InChI is InChI=1S/C12H20N4O/c1-5-6-13-11(17)10-7-9(4)15-12(16-10)14-8(2)3/h7-8H,5-6H2,1-4H3,(H,13,17)(H,14,15,16). The molecule has 1 aromatic heterocycles. The quantitative estimate of drug-likeness (QED) is 0.817. The number of amides is 1. The zero-order valence-corrected chi connectivity index (χ0v) is 10.9. The molecular weight excluding hydrogens is 216 g/mol. The number of carbonyl (C=O) groups excluding carboxylic acids is 1. The van der Waals surface area contributed by atoms with Crippen molar-refractivity contribution in [3.05, 3.63) is 17.5 Å². The molecule has 0 aliphatic heterocycles. The van der Waals surface area contributed by atoms with Crippen LogP contribution in [0.4, 0.5) is 5.95 Å². The molecule has 1 amide bonds. The van der Waals surface area contributed by atoms with E-state index in [-0.39, 0.29) is 11.9 Å². The normalized spacial score (nSPS) is 10.4. The lowest BCUT2D eigenvalue weighted by molar-refractivity contribution is 0.0948. The Morgan fingerprint density at radius 3 is 2.71 bits per heavy atom. The van der Waals surface area contributed by atoms with E-state index < -0.39 is 0 Å². The summed E-state index contributed by atoms with van der Waals surface area (Å²) < 4.78 is 0. The predicted octanol–water partition coefficient (Wildman–Crippen LogP) is 1.75. The second-order valence-corrected chi connectivity index (χ2v) is 4.27. The van der Waals surface area contributed by atoms with Crippen molar-refractivity contribution in [1.29, 1.82) is 0 Å². The summed E-state index contributed by atoms with van der Waals surface area (Å²) in [7, 11) is 0. The van der Waals surface area contributed by atoms with Gasteiger partial charge in [-0.25, -0.2) is 9.97 Å². The molecule has 0 fully saturated rings. The van der Waals surface area contributed by atoms with Crippen LogP contribution in [-0.4, -0.2) is 28.5 Å². The lowest BCUT2D eigenvalue weighted by Crippen LogP contribution is -2.26. The van der Waals surface area contributed by atoms with Gasteiger partial charge in [0.05, 0.1) is 0 Å². The molecule has 1 rings (SSSR count). The van der Waals surface area contributed by atoms with Gasteiger partial charge >= 0.3 is 0 Å². The van der Waals surface area contributed by atoms with Crippen molar-refractivity contribution in [1.82, 2.24) is 15.3 Å². The van der Waals surface area contributed by atoms with Crippen molar-refractivity contribution in [2.24, 2.45) is 0 Å². The van der Waals surface area contributed by atoms with E-state index in [1.807, 2.05) is 27.7 Å². The summed E-state index contributed by atoms with van der Waals surface area (Å²) in [6.45, 7) is 8.53. The Morgan fingerprint density at radius 2 is 2.12 bits per heavy atom. The Labute approximate surface area is 102 Å². The van der Waals surface area contributed by atoms with E-state index in [0.717, 1.165) is 12.1 Å². The zero-order chi connectivity index (χ0) is 12.8. The minimum absolute atomic E-state index is 0.149. The van der Waals surface area contributed by atoms with Gasteiger partial charge in [-0.1, -0.05) is 6.92 Å². The van der Waals surface area contributed by atoms with Crippen LogP contribution in [0, 0.1) is 6.92 Å². The third kappa shape index (κ3) is 4.38. The Kier molecular flexibility index (Phi) is 4.87. The van der Waals surface area contributed by atoms with Crippen molar-refractivity contribution >= 4 is 11.9 Å². The van der Waals surface area contributed by atoms with E-state index in [0.29, 0.717) is 18.2 Å². The van der Waals surface area contributed by atoms with Crippen LogP contribution in [0.15, 0.2) is 6.07 Å². The number of anilines is 1. The molecule has 0 radical (unpaired) electrons. The fourth-order valence-electron chi connectivity index (χ4n) is 1.34. The molecule has 2 N–H and O–H groups in total. The number of aryl methyl sites for hydroxylation is 1. The molecule has 0 bridgehead atoms.